The van der Waals surface area contributed by atoms with E-state index in [1.165, 1.54) is 31.5 Å². The summed E-state index contributed by atoms with van der Waals surface area (Å²) in [6, 6.07) is 8.39. The summed E-state index contributed by atoms with van der Waals surface area (Å²) >= 11 is 0. The van der Waals surface area contributed by atoms with Crippen LogP contribution in [0.5, 0.6) is 0 Å². The number of hydrogen-bond acceptors (Lipinski definition) is 5. The molecule has 1 aliphatic heterocycles. The second kappa shape index (κ2) is 7.03. The molecule has 1 fully saturated rings. The van der Waals surface area contributed by atoms with Gasteiger partial charge in [-0.2, -0.15) is 5.10 Å². The van der Waals surface area contributed by atoms with Crippen molar-refractivity contribution in [3.63, 3.8) is 0 Å². The first kappa shape index (κ1) is 17.3. The minimum absolute atomic E-state index is 0.881. The Morgan fingerprint density at radius 1 is 0.933 bits per heavy atom. The Bertz CT molecular complexity index is 1310. The number of hydrogen-bond donors (Lipinski definition) is 2. The molecule has 7 heteroatoms. The molecule has 0 spiro atoms. The molecule has 0 bridgehead atoms. The van der Waals surface area contributed by atoms with Gasteiger partial charge >= 0.3 is 0 Å². The highest BCUT2D eigenvalue weighted by Gasteiger charge is 2.15. The van der Waals surface area contributed by atoms with Crippen LogP contribution in [0.4, 0.5) is 0 Å². The number of aromatic nitrogens is 6. The van der Waals surface area contributed by atoms with Crippen LogP contribution >= 0.6 is 0 Å². The molecule has 0 aliphatic carbocycles. The molecule has 0 amide bonds. The molecule has 2 N–H and O–H groups in total. The van der Waals surface area contributed by atoms with Crippen LogP contribution in [0.15, 0.2) is 55.2 Å². The summed E-state index contributed by atoms with van der Waals surface area (Å²) in [7, 11) is 0. The smallest absolute Gasteiger partial charge is 0.116 e. The van der Waals surface area contributed by atoms with Crippen molar-refractivity contribution in [2.75, 3.05) is 13.1 Å². The van der Waals surface area contributed by atoms with Gasteiger partial charge in [-0.05, 0) is 55.8 Å². The number of aromatic amines is 2. The highest BCUT2D eigenvalue weighted by Crippen LogP contribution is 2.30. The third-order valence-corrected chi connectivity index (χ3v) is 5.82. The first-order chi connectivity index (χ1) is 14.8. The molecule has 0 saturated carbocycles. The fourth-order valence-electron chi connectivity index (χ4n) is 4.29. The number of pyridine rings is 3. The molecule has 0 radical (unpaired) electrons. The van der Waals surface area contributed by atoms with Crippen LogP contribution in [0, 0.1) is 0 Å². The van der Waals surface area contributed by atoms with Crippen molar-refractivity contribution in [1.82, 2.24) is 35.0 Å². The van der Waals surface area contributed by atoms with Crippen molar-refractivity contribution < 1.29 is 0 Å². The molecular formula is C23H21N7. The van der Waals surface area contributed by atoms with Gasteiger partial charge in [-0.3, -0.25) is 25.0 Å². The second-order valence-electron chi connectivity index (χ2n) is 7.90. The van der Waals surface area contributed by atoms with E-state index in [1.807, 2.05) is 30.9 Å². The van der Waals surface area contributed by atoms with Crippen LogP contribution in [0.25, 0.3) is 44.5 Å². The van der Waals surface area contributed by atoms with E-state index >= 15 is 0 Å². The summed E-state index contributed by atoms with van der Waals surface area (Å²) in [6.45, 7) is 3.29. The van der Waals surface area contributed by atoms with E-state index in [9.17, 15) is 0 Å². The monoisotopic (exact) mass is 395 g/mol. The summed E-state index contributed by atoms with van der Waals surface area (Å²) in [5, 5.41) is 9.79. The van der Waals surface area contributed by atoms with Gasteiger partial charge < -0.3 is 4.98 Å². The highest BCUT2D eigenvalue weighted by atomic mass is 15.1. The van der Waals surface area contributed by atoms with Gasteiger partial charge in [0, 0.05) is 41.5 Å². The van der Waals surface area contributed by atoms with Crippen molar-refractivity contribution in [2.45, 2.75) is 19.4 Å². The Balaban J connectivity index is 1.39. The fraction of sp³-hybridized carbons (Fsp3) is 0.217. The van der Waals surface area contributed by atoms with Gasteiger partial charge in [0.1, 0.15) is 5.69 Å². The fourth-order valence-corrected chi connectivity index (χ4v) is 4.29. The summed E-state index contributed by atoms with van der Waals surface area (Å²) in [5.41, 5.74) is 6.91. The van der Waals surface area contributed by atoms with Gasteiger partial charge in [0.25, 0.3) is 0 Å². The maximum Gasteiger partial charge on any atom is 0.116 e. The summed E-state index contributed by atoms with van der Waals surface area (Å²) in [6.07, 6.45) is 11.9. The topological polar surface area (TPSA) is 86.4 Å². The summed E-state index contributed by atoms with van der Waals surface area (Å²) in [4.78, 5) is 19.2. The molecule has 0 atom stereocenters. The molecule has 7 nitrogen and oxygen atoms in total. The normalized spacial score (nSPS) is 14.8. The number of nitrogens with one attached hydrogen (secondary N) is 2. The first-order valence-corrected chi connectivity index (χ1v) is 10.3. The first-order valence-electron chi connectivity index (χ1n) is 10.3. The molecule has 0 unspecified atom stereocenters. The average Bonchev–Trinajstić information content (AvgIpc) is 3.52. The van der Waals surface area contributed by atoms with Crippen LogP contribution in [0.2, 0.25) is 0 Å². The Labute approximate surface area is 173 Å². The number of fused-ring (bicyclic) bond motifs is 2. The lowest BCUT2D eigenvalue weighted by molar-refractivity contribution is 0.331. The van der Waals surface area contributed by atoms with Crippen LogP contribution in [-0.4, -0.2) is 48.1 Å². The Hall–Kier alpha value is -3.58. The van der Waals surface area contributed by atoms with Gasteiger partial charge in [-0.15, -0.1) is 0 Å². The van der Waals surface area contributed by atoms with Crippen molar-refractivity contribution in [3.05, 3.63) is 60.8 Å². The summed E-state index contributed by atoms with van der Waals surface area (Å²) in [5.74, 6) is 0. The zero-order valence-corrected chi connectivity index (χ0v) is 16.5. The lowest BCUT2D eigenvalue weighted by atomic mass is 10.1. The molecule has 30 heavy (non-hydrogen) atoms. The molecule has 6 rings (SSSR count). The molecule has 6 heterocycles. The molecule has 0 aromatic carbocycles. The third-order valence-electron chi connectivity index (χ3n) is 5.82. The Morgan fingerprint density at radius 2 is 1.87 bits per heavy atom. The maximum absolute atomic E-state index is 4.65. The lowest BCUT2D eigenvalue weighted by Crippen LogP contribution is -2.18. The molecule has 148 valence electrons. The zero-order valence-electron chi connectivity index (χ0n) is 16.5. The zero-order chi connectivity index (χ0) is 19.9. The van der Waals surface area contributed by atoms with Crippen molar-refractivity contribution >= 4 is 21.8 Å². The summed E-state index contributed by atoms with van der Waals surface area (Å²) < 4.78 is 0. The van der Waals surface area contributed by atoms with Crippen LogP contribution in [0.1, 0.15) is 18.4 Å². The van der Waals surface area contributed by atoms with Gasteiger partial charge in [-0.25, -0.2) is 0 Å². The number of nitrogens with zero attached hydrogens (tertiary/aromatic N) is 5. The SMILES string of the molecule is c1cc2cc(-c3n[nH]c4cnc(-c5cncc(CN6CCCC6)c5)cc34)[nH]c2cn1. The van der Waals surface area contributed by atoms with E-state index in [4.69, 9.17) is 0 Å². The minimum Gasteiger partial charge on any atom is -0.352 e. The molecular weight excluding hydrogens is 374 g/mol. The third kappa shape index (κ3) is 3.04. The number of H-pyrrole nitrogens is 2. The minimum atomic E-state index is 0.881. The van der Waals surface area contributed by atoms with Crippen LogP contribution in [0.3, 0.4) is 0 Å². The standard InChI is InChI=1S/C23H21N7/c1-2-6-30(5-1)14-15-7-17(11-25-10-15)19-9-18-22(13-26-19)28-29-23(18)20-8-16-3-4-24-12-21(16)27-20/h3-4,7-13,27H,1-2,5-6,14H2,(H,28,29). The average molecular weight is 395 g/mol. The van der Waals surface area contributed by atoms with E-state index in [0.717, 1.165) is 51.0 Å². The van der Waals surface area contributed by atoms with E-state index in [0.29, 0.717) is 0 Å². The Kier molecular flexibility index (Phi) is 4.06. The van der Waals surface area contributed by atoms with Gasteiger partial charge in [0.2, 0.25) is 0 Å². The van der Waals surface area contributed by atoms with E-state index in [2.05, 4.69) is 53.2 Å². The predicted octanol–water partition coefficient (Wildman–Crippen LogP) is 4.16. The Morgan fingerprint density at radius 3 is 2.77 bits per heavy atom. The van der Waals surface area contributed by atoms with Crippen molar-refractivity contribution in [3.8, 4) is 22.6 Å². The van der Waals surface area contributed by atoms with Crippen LogP contribution < -0.4 is 0 Å². The van der Waals surface area contributed by atoms with E-state index in [1.54, 1.807) is 6.20 Å². The van der Waals surface area contributed by atoms with E-state index < -0.39 is 0 Å². The maximum atomic E-state index is 4.65. The van der Waals surface area contributed by atoms with Crippen molar-refractivity contribution in [1.29, 1.82) is 0 Å². The number of rotatable bonds is 4. The van der Waals surface area contributed by atoms with Crippen LogP contribution in [-0.2, 0) is 6.54 Å². The predicted molar refractivity (Wildman–Crippen MR) is 117 cm³/mol. The highest BCUT2D eigenvalue weighted by molar-refractivity contribution is 5.96. The molecule has 5 aromatic rings. The van der Waals surface area contributed by atoms with E-state index in [-0.39, 0.29) is 0 Å². The molecule has 1 aliphatic rings. The largest absolute Gasteiger partial charge is 0.352 e. The second-order valence-corrected chi connectivity index (χ2v) is 7.90. The van der Waals surface area contributed by atoms with Gasteiger partial charge in [0.15, 0.2) is 0 Å². The quantitative estimate of drug-likeness (QED) is 0.477. The molecule has 5 aromatic heterocycles. The van der Waals surface area contributed by atoms with Gasteiger partial charge in [-0.1, -0.05) is 0 Å². The van der Waals surface area contributed by atoms with Gasteiger partial charge in [0.05, 0.1) is 34.8 Å². The molecule has 1 saturated heterocycles. The lowest BCUT2D eigenvalue weighted by Gasteiger charge is -2.14. The van der Waals surface area contributed by atoms with Crippen molar-refractivity contribution in [2.24, 2.45) is 0 Å². The number of likely N-dealkylation sites (tertiary alicyclic amines) is 1.